The van der Waals surface area contributed by atoms with Crippen molar-refractivity contribution in [2.24, 2.45) is 0 Å². The topological polar surface area (TPSA) is 0 Å². The molecule has 0 spiro atoms. The van der Waals surface area contributed by atoms with E-state index in [2.05, 4.69) is 432 Å². The lowest BCUT2D eigenvalue weighted by Crippen LogP contribution is -2.72. The van der Waals surface area contributed by atoms with Gasteiger partial charge in [-0.05, 0) is 299 Å². The number of benzene rings is 17. The second kappa shape index (κ2) is 28.9. The summed E-state index contributed by atoms with van der Waals surface area (Å²) in [5.74, 6) is 0. The summed E-state index contributed by atoms with van der Waals surface area (Å²) in [5.41, 5.74) is 16.9. The van der Waals surface area contributed by atoms with Crippen molar-refractivity contribution < 1.29 is 0 Å². The third-order valence-corrected chi connectivity index (χ3v) is 64.6. The Morgan fingerprint density at radius 2 is 0.343 bits per heavy atom. The van der Waals surface area contributed by atoms with Crippen molar-refractivity contribution >= 4 is 159 Å². The normalized spacial score (nSPS) is 25.9. The van der Waals surface area contributed by atoms with E-state index in [0.717, 1.165) is 0 Å². The van der Waals surface area contributed by atoms with E-state index in [1.54, 1.807) is 84.5 Å². The second-order valence-corrected chi connectivity index (χ2v) is 61.7. The van der Waals surface area contributed by atoms with E-state index in [4.69, 9.17) is 0 Å². The molecule has 8 aliphatic rings. The molecule has 4 fully saturated rings. The van der Waals surface area contributed by atoms with Gasteiger partial charge in [-0.2, -0.15) is 0 Å². The quantitative estimate of drug-likeness (QED) is 0.107. The van der Waals surface area contributed by atoms with Crippen molar-refractivity contribution in [1.82, 2.24) is 0 Å². The van der Waals surface area contributed by atoms with Gasteiger partial charge >= 0.3 is 0 Å². The molecule has 8 atom stereocenters. The molecule has 4 aliphatic heterocycles. The fourth-order valence-electron chi connectivity index (χ4n) is 33.6. The van der Waals surface area contributed by atoms with Crippen molar-refractivity contribution in [2.75, 3.05) is 0 Å². The van der Waals surface area contributed by atoms with Crippen LogP contribution in [-0.2, 0) is 21.7 Å². The Bertz CT molecular complexity index is 6920. The van der Waals surface area contributed by atoms with Crippen LogP contribution in [0.25, 0.3) is 109 Å². The van der Waals surface area contributed by atoms with Crippen LogP contribution >= 0.6 is 0 Å². The van der Waals surface area contributed by atoms with Crippen molar-refractivity contribution in [1.29, 1.82) is 0 Å². The Morgan fingerprint density at radius 1 is 0.164 bits per heavy atom. The summed E-state index contributed by atoms with van der Waals surface area (Å²) in [6.45, 7) is 21.9. The third-order valence-electron chi connectivity index (χ3n) is 40.2. The molecular formula is C130H118Si4. The monoisotopic (exact) mass is 1790 g/mol. The van der Waals surface area contributed by atoms with E-state index in [9.17, 15) is 0 Å². The van der Waals surface area contributed by atoms with Gasteiger partial charge in [0.05, 0.1) is 0 Å². The molecule has 19 aromatic carbocycles. The Kier molecular flexibility index (Phi) is 17.6. The first-order valence-electron chi connectivity index (χ1n) is 50.9. The van der Waals surface area contributed by atoms with Crippen LogP contribution in [0.3, 0.4) is 0 Å². The molecule has 0 radical (unpaired) electrons. The molecule has 0 bridgehead atoms. The molecule has 4 heterocycles. The van der Waals surface area contributed by atoms with Crippen LogP contribution in [0, 0.1) is 0 Å². The number of rotatable bonds is 12. The summed E-state index contributed by atoms with van der Waals surface area (Å²) in [6, 6.07) is 154. The Hall–Kier alpha value is -11.9. The molecular weight excluding hydrogens is 1670 g/mol. The van der Waals surface area contributed by atoms with Gasteiger partial charge in [-0.1, -0.05) is 471 Å². The number of hydrogen-bond acceptors (Lipinski definition) is 0. The Morgan fingerprint density at radius 3 is 0.530 bits per heavy atom. The molecule has 8 unspecified atom stereocenters. The largest absolute Gasteiger partial charge is 0.155 e. The lowest BCUT2D eigenvalue weighted by atomic mass is 9.64. The van der Waals surface area contributed by atoms with E-state index >= 15 is 0 Å². The highest BCUT2D eigenvalue weighted by atomic mass is 28.3. The first-order chi connectivity index (χ1) is 65.4. The molecule has 4 heteroatoms. The zero-order chi connectivity index (χ0) is 89.9. The van der Waals surface area contributed by atoms with Gasteiger partial charge in [0.1, 0.15) is 0 Å². The maximum atomic E-state index is 2.78. The highest BCUT2D eigenvalue weighted by Crippen LogP contribution is 2.71. The Balaban J connectivity index is 0.715. The van der Waals surface area contributed by atoms with E-state index in [1.807, 2.05) is 0 Å². The molecule has 654 valence electrons. The van der Waals surface area contributed by atoms with Crippen LogP contribution in [-0.4, -0.2) is 32.3 Å². The first kappa shape index (κ1) is 81.7. The molecule has 0 aromatic heterocycles. The molecule has 0 saturated heterocycles. The van der Waals surface area contributed by atoms with Gasteiger partial charge in [0, 0.05) is 0 Å². The van der Waals surface area contributed by atoms with E-state index in [1.165, 1.54) is 212 Å². The van der Waals surface area contributed by atoms with E-state index in [0.29, 0.717) is 0 Å². The van der Waals surface area contributed by atoms with Crippen molar-refractivity contribution in [3.05, 3.63) is 398 Å². The number of hydrogen-bond donors (Lipinski definition) is 0. The van der Waals surface area contributed by atoms with Crippen LogP contribution in [0.15, 0.2) is 376 Å². The third kappa shape index (κ3) is 9.84. The fraction of sp³-hybridized carbons (Fsp3) is 0.246. The van der Waals surface area contributed by atoms with Gasteiger partial charge < -0.3 is 0 Å². The zero-order valence-corrected chi connectivity index (χ0v) is 83.1. The molecule has 19 aromatic rings. The van der Waals surface area contributed by atoms with Gasteiger partial charge in [-0.3, -0.25) is 0 Å². The van der Waals surface area contributed by atoms with E-state index < -0.39 is 32.3 Å². The molecule has 0 nitrogen and oxygen atoms in total. The summed E-state index contributed by atoms with van der Waals surface area (Å²) in [6.07, 6.45) is 19.6. The van der Waals surface area contributed by atoms with Crippen LogP contribution in [0.2, 0.25) is 20.2 Å². The van der Waals surface area contributed by atoms with Crippen molar-refractivity contribution in [3.8, 4) is 44.5 Å². The predicted octanol–water partition coefficient (Wildman–Crippen LogP) is 26.5. The number of fused-ring (bicyclic) bond motifs is 18. The highest BCUT2D eigenvalue weighted by Gasteiger charge is 2.73. The van der Waals surface area contributed by atoms with E-state index in [-0.39, 0.29) is 41.8 Å². The van der Waals surface area contributed by atoms with Gasteiger partial charge in [0.25, 0.3) is 0 Å². The minimum Gasteiger partial charge on any atom is -0.0624 e. The molecule has 134 heavy (non-hydrogen) atoms. The van der Waals surface area contributed by atoms with Crippen LogP contribution in [0.4, 0.5) is 0 Å². The van der Waals surface area contributed by atoms with Crippen molar-refractivity contribution in [2.45, 2.75) is 200 Å². The van der Waals surface area contributed by atoms with Crippen LogP contribution in [0.1, 0.15) is 180 Å². The van der Waals surface area contributed by atoms with Gasteiger partial charge in [-0.15, -0.1) is 0 Å². The fourth-order valence-corrected chi connectivity index (χ4v) is 61.4. The van der Waals surface area contributed by atoms with Gasteiger partial charge in [0.15, 0.2) is 32.3 Å². The SMILES string of the molecule is CC12CCCCC1(C)[Si](c1ccccc1)(c1ccccc1)c1ccc(-c3ccc4c5cc6c(cc5c5ccc(-c7ccc8c(c7)C7(C)CCCCC7(C)[Si]8(c7ccccc7)c7ccccc7)c3c45)c3ccc(-c4ccc5c(c4)C4(C)CCCCC4(C)[Si]5(c4ccccc4)c4ccccc4)c4c(-c5ccc7c(c5)C5(C)CCCCC5(C)[Si]7(c5ccccc5)c5ccccc5)ccc6c43)cc12. The molecule has 0 amide bonds. The Labute approximate surface area is 795 Å². The van der Waals surface area contributed by atoms with Gasteiger partial charge in [-0.25, -0.2) is 0 Å². The standard InChI is InChI=1S/C130H118Si4/c1-123-73-33-37-77-127(123,5)131(91-41-17-9-18-42-91,92-43-19-10-20-44-92)115-69-57-87(81-111(115)123)99-61-65-103-107-85-109-105-67-63-101(89-59-71-117-113(83-89)125(3)75-35-39-79-129(125,7)133(117,95-49-25-13-26-50-95)96-51-27-14-28-52-96)120-102(90-60-72-118-114(84-90)126(4)76-36-40-80-130(126,8)134(118,97-53-29-15-30-54-97)98-55-31-16-32-56-98)64-68-106(122(105)120)110(109)86-108(107)104-66-62-100(119(99)121(103)104)88-58-70-116-112(82-88)124(2)74-34-38-78-128(124,6)132(116,93-45-21-11-22-46-93)94-47-23-12-24-48-94/h9-32,41-72,81-86H,33-40,73-80H2,1-8H3. The molecule has 4 saturated carbocycles. The lowest BCUT2D eigenvalue weighted by molar-refractivity contribution is 0.241. The summed E-state index contributed by atoms with van der Waals surface area (Å²) >= 11 is 0. The zero-order valence-electron chi connectivity index (χ0n) is 79.1. The van der Waals surface area contributed by atoms with Crippen LogP contribution in [0.5, 0.6) is 0 Å². The maximum Gasteiger partial charge on any atom is 0.155 e. The smallest absolute Gasteiger partial charge is 0.0624 e. The minimum atomic E-state index is -2.72. The van der Waals surface area contributed by atoms with Crippen LogP contribution < -0.4 is 62.2 Å². The van der Waals surface area contributed by atoms with Crippen molar-refractivity contribution in [3.63, 3.8) is 0 Å². The molecule has 4 aliphatic carbocycles. The average molecular weight is 1790 g/mol. The molecule has 27 rings (SSSR count). The minimum absolute atomic E-state index is 0.0333. The average Bonchev–Trinajstić information content (AvgIpc) is 1.51. The lowest BCUT2D eigenvalue weighted by Gasteiger charge is -2.54. The maximum absolute atomic E-state index is 2.78. The summed E-state index contributed by atoms with van der Waals surface area (Å²) in [5, 5.41) is 35.3. The predicted molar refractivity (Wildman–Crippen MR) is 583 cm³/mol. The molecule has 0 N–H and O–H groups in total. The highest BCUT2D eigenvalue weighted by molar-refractivity contribution is 7.17. The van der Waals surface area contributed by atoms with Gasteiger partial charge in [0.2, 0.25) is 0 Å². The second-order valence-electron chi connectivity index (χ2n) is 44.5. The first-order valence-corrected chi connectivity index (χ1v) is 58.9. The summed E-state index contributed by atoms with van der Waals surface area (Å²) in [7, 11) is -10.9. The summed E-state index contributed by atoms with van der Waals surface area (Å²) < 4.78 is 0. The summed E-state index contributed by atoms with van der Waals surface area (Å²) in [4.78, 5) is 0.